The van der Waals surface area contributed by atoms with Crippen LogP contribution in [0.15, 0.2) is 30.5 Å². The van der Waals surface area contributed by atoms with E-state index >= 15 is 0 Å². The highest BCUT2D eigenvalue weighted by Crippen LogP contribution is 2.26. The van der Waals surface area contributed by atoms with Crippen LogP contribution in [-0.4, -0.2) is 40.5 Å². The summed E-state index contributed by atoms with van der Waals surface area (Å²) < 4.78 is 7.14. The van der Waals surface area contributed by atoms with Crippen LogP contribution < -0.4 is 0 Å². The fourth-order valence-corrected chi connectivity index (χ4v) is 2.79. The van der Waals surface area contributed by atoms with Gasteiger partial charge in [-0.3, -0.25) is 4.68 Å². The lowest BCUT2D eigenvalue weighted by Crippen LogP contribution is -2.39. The minimum atomic E-state index is -0.198. The second-order valence-corrected chi connectivity index (χ2v) is 5.07. The molecule has 0 spiro atoms. The Hall–Kier alpha value is -2.04. The van der Waals surface area contributed by atoms with Crippen molar-refractivity contribution in [2.24, 2.45) is 0 Å². The van der Waals surface area contributed by atoms with Crippen molar-refractivity contribution in [3.8, 4) is 0 Å². The number of hydrogen-bond acceptors (Lipinski definition) is 3. The lowest BCUT2D eigenvalue weighted by atomic mass is 10.1. The molecule has 2 aromatic rings. The van der Waals surface area contributed by atoms with Gasteiger partial charge in [-0.15, -0.1) is 0 Å². The first-order valence-electron chi connectivity index (χ1n) is 7.13. The lowest BCUT2D eigenvalue weighted by molar-refractivity contribution is 0.0920. The molecule has 1 fully saturated rings. The summed E-state index contributed by atoms with van der Waals surface area (Å²) >= 11 is 0. The van der Waals surface area contributed by atoms with Gasteiger partial charge in [-0.25, -0.2) is 4.79 Å². The fourth-order valence-electron chi connectivity index (χ4n) is 2.79. The number of ether oxygens (including phenoxy) is 1. The largest absolute Gasteiger partial charge is 0.450 e. The highest BCUT2D eigenvalue weighted by molar-refractivity contribution is 5.78. The number of rotatable bonds is 2. The normalized spacial score (nSPS) is 16.6. The van der Waals surface area contributed by atoms with Gasteiger partial charge in [0.15, 0.2) is 0 Å². The van der Waals surface area contributed by atoms with E-state index in [0.717, 1.165) is 25.9 Å². The van der Waals surface area contributed by atoms with E-state index < -0.39 is 0 Å². The van der Waals surface area contributed by atoms with Gasteiger partial charge < -0.3 is 9.64 Å². The van der Waals surface area contributed by atoms with Crippen molar-refractivity contribution in [2.45, 2.75) is 25.8 Å². The number of carbonyl (C=O) groups excluding carboxylic acids is 1. The van der Waals surface area contributed by atoms with E-state index in [1.807, 2.05) is 25.3 Å². The molecule has 5 nitrogen and oxygen atoms in total. The first-order valence-corrected chi connectivity index (χ1v) is 7.13. The predicted molar refractivity (Wildman–Crippen MR) is 76.6 cm³/mol. The molecule has 1 amide bonds. The van der Waals surface area contributed by atoms with Gasteiger partial charge in [0.1, 0.15) is 0 Å². The maximum atomic E-state index is 11.7. The highest BCUT2D eigenvalue weighted by Gasteiger charge is 2.25. The molecule has 0 unspecified atom stereocenters. The molecule has 1 aliphatic heterocycles. The van der Waals surface area contributed by atoms with Gasteiger partial charge in [-0.05, 0) is 25.8 Å². The van der Waals surface area contributed by atoms with Crippen LogP contribution in [0.3, 0.4) is 0 Å². The highest BCUT2D eigenvalue weighted by atomic mass is 16.6. The number of nitrogens with zero attached hydrogens (tertiary/aromatic N) is 3. The van der Waals surface area contributed by atoms with E-state index in [9.17, 15) is 4.79 Å². The first kappa shape index (κ1) is 13.0. The average molecular weight is 273 g/mol. The van der Waals surface area contributed by atoms with Crippen LogP contribution in [0.2, 0.25) is 0 Å². The van der Waals surface area contributed by atoms with Crippen LogP contribution in [0, 0.1) is 0 Å². The Morgan fingerprint density at radius 2 is 2.10 bits per heavy atom. The van der Waals surface area contributed by atoms with Crippen molar-refractivity contribution in [2.75, 3.05) is 19.7 Å². The monoisotopic (exact) mass is 273 g/mol. The van der Waals surface area contributed by atoms with E-state index in [1.54, 1.807) is 4.90 Å². The van der Waals surface area contributed by atoms with Gasteiger partial charge in [-0.2, -0.15) is 5.10 Å². The summed E-state index contributed by atoms with van der Waals surface area (Å²) in [7, 11) is 0. The summed E-state index contributed by atoms with van der Waals surface area (Å²) in [6.45, 7) is 3.73. The average Bonchev–Trinajstić information content (AvgIpc) is 2.92. The molecule has 1 aromatic heterocycles. The predicted octanol–water partition coefficient (Wildman–Crippen LogP) is 2.83. The molecule has 0 atom stereocenters. The van der Waals surface area contributed by atoms with Crippen LogP contribution in [-0.2, 0) is 4.74 Å². The summed E-state index contributed by atoms with van der Waals surface area (Å²) in [5, 5.41) is 5.67. The summed E-state index contributed by atoms with van der Waals surface area (Å²) in [6, 6.07) is 8.60. The molecule has 5 heteroatoms. The van der Waals surface area contributed by atoms with Crippen molar-refractivity contribution in [3.63, 3.8) is 0 Å². The molecule has 0 saturated carbocycles. The third-order valence-electron chi connectivity index (χ3n) is 3.84. The van der Waals surface area contributed by atoms with E-state index in [-0.39, 0.29) is 6.09 Å². The Morgan fingerprint density at radius 3 is 2.85 bits per heavy atom. The Labute approximate surface area is 118 Å². The minimum absolute atomic E-state index is 0.198. The zero-order chi connectivity index (χ0) is 13.9. The number of piperidine rings is 1. The molecule has 1 saturated heterocycles. The summed E-state index contributed by atoms with van der Waals surface area (Å²) in [5.74, 6) is 0. The SMILES string of the molecule is CCOC(=O)N1CCC(n2ncc3ccccc32)CC1. The van der Waals surface area contributed by atoms with Crippen LogP contribution in [0.4, 0.5) is 4.79 Å². The van der Waals surface area contributed by atoms with Crippen LogP contribution in [0.25, 0.3) is 10.9 Å². The number of benzene rings is 1. The topological polar surface area (TPSA) is 47.4 Å². The van der Waals surface area contributed by atoms with E-state index in [1.165, 1.54) is 10.9 Å². The third-order valence-corrected chi connectivity index (χ3v) is 3.84. The zero-order valence-electron chi connectivity index (χ0n) is 11.7. The molecule has 106 valence electrons. The van der Waals surface area contributed by atoms with Gasteiger partial charge in [-0.1, -0.05) is 18.2 Å². The fraction of sp³-hybridized carbons (Fsp3) is 0.467. The molecule has 0 aliphatic carbocycles. The van der Waals surface area contributed by atoms with Crippen LogP contribution in [0.5, 0.6) is 0 Å². The van der Waals surface area contributed by atoms with E-state index in [4.69, 9.17) is 4.74 Å². The van der Waals surface area contributed by atoms with Gasteiger partial charge >= 0.3 is 6.09 Å². The number of fused-ring (bicyclic) bond motifs is 1. The standard InChI is InChI=1S/C15H19N3O2/c1-2-20-15(19)17-9-7-13(8-10-17)18-14-6-4-3-5-12(14)11-16-18/h3-6,11,13H,2,7-10H2,1H3. The van der Waals surface area contributed by atoms with Crippen LogP contribution >= 0.6 is 0 Å². The third kappa shape index (κ3) is 2.35. The smallest absolute Gasteiger partial charge is 0.409 e. The van der Waals surface area contributed by atoms with Gasteiger partial charge in [0.2, 0.25) is 0 Å². The zero-order valence-corrected chi connectivity index (χ0v) is 11.7. The molecule has 20 heavy (non-hydrogen) atoms. The maximum absolute atomic E-state index is 11.7. The van der Waals surface area contributed by atoms with Crippen molar-refractivity contribution in [1.82, 2.24) is 14.7 Å². The second-order valence-electron chi connectivity index (χ2n) is 5.07. The Balaban J connectivity index is 1.70. The summed E-state index contributed by atoms with van der Waals surface area (Å²) in [4.78, 5) is 13.5. The van der Waals surface area contributed by atoms with Crippen molar-refractivity contribution in [3.05, 3.63) is 30.5 Å². The quantitative estimate of drug-likeness (QED) is 0.845. The Bertz CT molecular complexity index is 600. The summed E-state index contributed by atoms with van der Waals surface area (Å²) in [5.41, 5.74) is 1.17. The van der Waals surface area contributed by atoms with Gasteiger partial charge in [0.25, 0.3) is 0 Å². The molecule has 0 N–H and O–H groups in total. The molecule has 0 bridgehead atoms. The first-order chi connectivity index (χ1) is 9.79. The maximum Gasteiger partial charge on any atom is 0.409 e. The number of aromatic nitrogens is 2. The van der Waals surface area contributed by atoms with Gasteiger partial charge in [0.05, 0.1) is 24.4 Å². The number of hydrogen-bond donors (Lipinski definition) is 0. The molecule has 1 aromatic carbocycles. The van der Waals surface area contributed by atoms with Gasteiger partial charge in [0, 0.05) is 18.5 Å². The van der Waals surface area contributed by atoms with E-state index in [2.05, 4.69) is 21.9 Å². The van der Waals surface area contributed by atoms with E-state index in [0.29, 0.717) is 12.6 Å². The number of para-hydroxylation sites is 1. The summed E-state index contributed by atoms with van der Waals surface area (Å²) in [6.07, 6.45) is 3.55. The Morgan fingerprint density at radius 1 is 1.35 bits per heavy atom. The molecule has 3 rings (SSSR count). The van der Waals surface area contributed by atoms with Crippen molar-refractivity contribution in [1.29, 1.82) is 0 Å². The minimum Gasteiger partial charge on any atom is -0.450 e. The molecular formula is C15H19N3O2. The van der Waals surface area contributed by atoms with Crippen molar-refractivity contribution >= 4 is 17.0 Å². The Kier molecular flexibility index (Phi) is 3.58. The lowest BCUT2D eigenvalue weighted by Gasteiger charge is -2.31. The number of amides is 1. The second kappa shape index (κ2) is 5.53. The molecule has 1 aliphatic rings. The van der Waals surface area contributed by atoms with Crippen molar-refractivity contribution < 1.29 is 9.53 Å². The molecule has 2 heterocycles. The molecular weight excluding hydrogens is 254 g/mol. The van der Waals surface area contributed by atoms with Crippen LogP contribution in [0.1, 0.15) is 25.8 Å². The number of likely N-dealkylation sites (tertiary alicyclic amines) is 1. The number of carbonyl (C=O) groups is 1. The molecule has 0 radical (unpaired) electrons.